The molecule has 0 atom stereocenters. The number of nitrogens with zero attached hydrogens (tertiary/aromatic N) is 5. The lowest BCUT2D eigenvalue weighted by Gasteiger charge is -2.09. The van der Waals surface area contributed by atoms with Crippen molar-refractivity contribution in [2.45, 2.75) is 31.7 Å². The zero-order chi connectivity index (χ0) is 21.2. The summed E-state index contributed by atoms with van der Waals surface area (Å²) in [6.07, 6.45) is 8.50. The van der Waals surface area contributed by atoms with Crippen molar-refractivity contribution in [3.05, 3.63) is 47.9 Å². The van der Waals surface area contributed by atoms with Gasteiger partial charge in [0.25, 0.3) is 5.89 Å². The first kappa shape index (κ1) is 19.3. The first-order chi connectivity index (χ1) is 15.2. The van der Waals surface area contributed by atoms with E-state index in [1.807, 2.05) is 42.5 Å². The molecule has 8 nitrogen and oxygen atoms in total. The molecule has 0 unspecified atom stereocenters. The molecule has 31 heavy (non-hydrogen) atoms. The van der Waals surface area contributed by atoms with Gasteiger partial charge in [-0.3, -0.25) is 0 Å². The molecule has 158 valence electrons. The molecule has 0 bridgehead atoms. The van der Waals surface area contributed by atoms with Gasteiger partial charge in [-0.25, -0.2) is 4.68 Å². The van der Waals surface area contributed by atoms with Crippen LogP contribution in [0.3, 0.4) is 0 Å². The van der Waals surface area contributed by atoms with Gasteiger partial charge in [0.05, 0.1) is 25.8 Å². The molecule has 1 fully saturated rings. The van der Waals surface area contributed by atoms with Crippen LogP contribution in [0.1, 0.15) is 43.2 Å². The van der Waals surface area contributed by atoms with Gasteiger partial charge < -0.3 is 14.0 Å². The molecular weight excluding hydrogens is 394 g/mol. The number of ether oxygens (including phenoxy) is 2. The van der Waals surface area contributed by atoms with Gasteiger partial charge in [0, 0.05) is 11.6 Å². The van der Waals surface area contributed by atoms with Gasteiger partial charge >= 0.3 is 0 Å². The van der Waals surface area contributed by atoms with E-state index in [-0.39, 0.29) is 0 Å². The normalized spacial score (nSPS) is 14.6. The van der Waals surface area contributed by atoms with Crippen molar-refractivity contribution in [1.29, 1.82) is 0 Å². The lowest BCUT2D eigenvalue weighted by Crippen LogP contribution is -2.06. The monoisotopic (exact) mass is 417 g/mol. The minimum atomic E-state index is 0.416. The molecule has 0 amide bonds. The maximum absolute atomic E-state index is 5.40. The molecule has 5 rings (SSSR count). The van der Waals surface area contributed by atoms with Gasteiger partial charge in [0.15, 0.2) is 11.5 Å². The highest BCUT2D eigenvalue weighted by molar-refractivity contribution is 5.80. The zero-order valence-electron chi connectivity index (χ0n) is 17.5. The standard InChI is InChI=1S/C23H23N5O3/c1-29-20-11-7-15(13-21(20)30-2)8-12-22-24-23(26-31-22)16-9-10-19-18(14-16)25-27-28(19)17-5-3-4-6-17/h7-14,17H,3-6H2,1-2H3/b12-8+. The summed E-state index contributed by atoms with van der Waals surface area (Å²) in [5, 5.41) is 12.8. The van der Waals surface area contributed by atoms with Gasteiger partial charge in [0.1, 0.15) is 5.52 Å². The Labute approximate surface area is 179 Å². The molecule has 4 aromatic rings. The molecule has 0 radical (unpaired) electrons. The largest absolute Gasteiger partial charge is 0.493 e. The van der Waals surface area contributed by atoms with Crippen LogP contribution < -0.4 is 9.47 Å². The zero-order valence-corrected chi connectivity index (χ0v) is 17.5. The Morgan fingerprint density at radius 3 is 2.65 bits per heavy atom. The second kappa shape index (κ2) is 8.22. The van der Waals surface area contributed by atoms with E-state index in [0.29, 0.717) is 29.3 Å². The summed E-state index contributed by atoms with van der Waals surface area (Å²) in [5.74, 6) is 2.28. The smallest absolute Gasteiger partial charge is 0.250 e. The first-order valence-electron chi connectivity index (χ1n) is 10.3. The molecule has 2 aromatic carbocycles. The van der Waals surface area contributed by atoms with Gasteiger partial charge in [0.2, 0.25) is 5.82 Å². The molecule has 0 spiro atoms. The third kappa shape index (κ3) is 3.76. The third-order valence-corrected chi connectivity index (χ3v) is 5.67. The van der Waals surface area contributed by atoms with Crippen molar-refractivity contribution < 1.29 is 14.0 Å². The van der Waals surface area contributed by atoms with E-state index in [1.165, 1.54) is 25.7 Å². The highest BCUT2D eigenvalue weighted by Gasteiger charge is 2.20. The van der Waals surface area contributed by atoms with Gasteiger partial charge in [-0.15, -0.1) is 5.10 Å². The lowest BCUT2D eigenvalue weighted by molar-refractivity contribution is 0.355. The summed E-state index contributed by atoms with van der Waals surface area (Å²) in [5.41, 5.74) is 3.67. The molecule has 0 N–H and O–H groups in total. The predicted octanol–water partition coefficient (Wildman–Crippen LogP) is 4.78. The topological polar surface area (TPSA) is 88.1 Å². The van der Waals surface area contributed by atoms with E-state index in [1.54, 1.807) is 20.3 Å². The van der Waals surface area contributed by atoms with E-state index in [2.05, 4.69) is 25.1 Å². The van der Waals surface area contributed by atoms with Crippen molar-refractivity contribution in [1.82, 2.24) is 25.1 Å². The Balaban J connectivity index is 1.36. The molecule has 0 saturated heterocycles. The SMILES string of the molecule is COc1ccc(/C=C/c2nc(-c3ccc4c(c3)nnn4C3CCCC3)no2)cc1OC. The van der Waals surface area contributed by atoms with Crippen LogP contribution in [0.5, 0.6) is 11.5 Å². The van der Waals surface area contributed by atoms with Crippen molar-refractivity contribution in [2.75, 3.05) is 14.2 Å². The van der Waals surface area contributed by atoms with Gasteiger partial charge in [-0.1, -0.05) is 29.3 Å². The van der Waals surface area contributed by atoms with Crippen molar-refractivity contribution in [2.24, 2.45) is 0 Å². The average Bonchev–Trinajstić information content (AvgIpc) is 3.57. The van der Waals surface area contributed by atoms with Crippen LogP contribution in [0.2, 0.25) is 0 Å². The highest BCUT2D eigenvalue weighted by Crippen LogP contribution is 2.32. The van der Waals surface area contributed by atoms with Crippen molar-refractivity contribution in [3.63, 3.8) is 0 Å². The van der Waals surface area contributed by atoms with Crippen LogP contribution in [0.4, 0.5) is 0 Å². The quantitative estimate of drug-likeness (QED) is 0.446. The van der Waals surface area contributed by atoms with Crippen LogP contribution in [0.25, 0.3) is 34.6 Å². The second-order valence-electron chi connectivity index (χ2n) is 7.58. The number of aromatic nitrogens is 5. The number of hydrogen-bond acceptors (Lipinski definition) is 7. The van der Waals surface area contributed by atoms with Crippen LogP contribution in [0.15, 0.2) is 40.9 Å². The Bertz CT molecular complexity index is 1240. The van der Waals surface area contributed by atoms with E-state index < -0.39 is 0 Å². The molecule has 2 aromatic heterocycles. The number of rotatable bonds is 6. The fourth-order valence-electron chi connectivity index (χ4n) is 4.04. The van der Waals surface area contributed by atoms with Gasteiger partial charge in [-0.2, -0.15) is 4.98 Å². The fourth-order valence-corrected chi connectivity index (χ4v) is 4.04. The van der Waals surface area contributed by atoms with Crippen LogP contribution in [-0.2, 0) is 0 Å². The average molecular weight is 417 g/mol. The van der Waals surface area contributed by atoms with Crippen LogP contribution in [0, 0.1) is 0 Å². The second-order valence-corrected chi connectivity index (χ2v) is 7.58. The van der Waals surface area contributed by atoms with E-state index in [9.17, 15) is 0 Å². The highest BCUT2D eigenvalue weighted by atomic mass is 16.5. The maximum atomic E-state index is 5.40. The fraction of sp³-hybridized carbons (Fsp3) is 0.304. The third-order valence-electron chi connectivity index (χ3n) is 5.67. The predicted molar refractivity (Wildman–Crippen MR) is 117 cm³/mol. The van der Waals surface area contributed by atoms with Gasteiger partial charge in [-0.05, 0) is 54.8 Å². The Kier molecular flexibility index (Phi) is 5.11. The molecule has 2 heterocycles. The number of methoxy groups -OCH3 is 2. The number of fused-ring (bicyclic) bond motifs is 1. The molecule has 0 aliphatic heterocycles. The Morgan fingerprint density at radius 1 is 1.00 bits per heavy atom. The van der Waals surface area contributed by atoms with E-state index in [0.717, 1.165) is 22.2 Å². The lowest BCUT2D eigenvalue weighted by atomic mass is 10.1. The summed E-state index contributed by atoms with van der Waals surface area (Å²) in [7, 11) is 3.22. The summed E-state index contributed by atoms with van der Waals surface area (Å²) >= 11 is 0. The van der Waals surface area contributed by atoms with Crippen molar-refractivity contribution >= 4 is 23.2 Å². The maximum Gasteiger partial charge on any atom is 0.250 e. The van der Waals surface area contributed by atoms with Crippen molar-refractivity contribution in [3.8, 4) is 22.9 Å². The van der Waals surface area contributed by atoms with E-state index in [4.69, 9.17) is 14.0 Å². The molecule has 1 aliphatic rings. The summed E-state index contributed by atoms with van der Waals surface area (Å²) < 4.78 is 18.1. The molecule has 1 aliphatic carbocycles. The summed E-state index contributed by atoms with van der Waals surface area (Å²) in [6.45, 7) is 0. The summed E-state index contributed by atoms with van der Waals surface area (Å²) in [4.78, 5) is 4.49. The minimum Gasteiger partial charge on any atom is -0.493 e. The Hall–Kier alpha value is -3.68. The molecular formula is C23H23N5O3. The van der Waals surface area contributed by atoms with Crippen LogP contribution in [-0.4, -0.2) is 39.4 Å². The Morgan fingerprint density at radius 2 is 1.84 bits per heavy atom. The first-order valence-corrected chi connectivity index (χ1v) is 10.3. The summed E-state index contributed by atoms with van der Waals surface area (Å²) in [6, 6.07) is 12.1. The van der Waals surface area contributed by atoms with Crippen LogP contribution >= 0.6 is 0 Å². The molecule has 8 heteroatoms. The molecule has 1 saturated carbocycles. The number of hydrogen-bond donors (Lipinski definition) is 0. The number of benzene rings is 2. The minimum absolute atomic E-state index is 0.416. The van der Waals surface area contributed by atoms with E-state index >= 15 is 0 Å².